The molecule has 0 aliphatic rings. The molecule has 18 heavy (non-hydrogen) atoms. The van der Waals surface area contributed by atoms with Crippen LogP contribution in [-0.2, 0) is 6.42 Å². The smallest absolute Gasteiger partial charge is 0.336 e. The van der Waals surface area contributed by atoms with E-state index in [-0.39, 0.29) is 0 Å². The average Bonchev–Trinajstić information content (AvgIpc) is 2.37. The number of hydrogen-bond donors (Lipinski definition) is 0. The minimum absolute atomic E-state index is 0.405. The van der Waals surface area contributed by atoms with Crippen molar-refractivity contribution >= 4 is 22.6 Å². The molecular weight excluding hydrogens is 256 g/mol. The number of aryl methyl sites for hydroxylation is 1. The molecule has 5 heteroatoms. The Morgan fingerprint density at radius 2 is 2.00 bits per heavy atom. The third-order valence-electron chi connectivity index (χ3n) is 2.68. The van der Waals surface area contributed by atoms with Gasteiger partial charge in [-0.25, -0.2) is 4.79 Å². The van der Waals surface area contributed by atoms with Gasteiger partial charge in [-0.3, -0.25) is 0 Å². The van der Waals surface area contributed by atoms with Crippen molar-refractivity contribution in [1.29, 1.82) is 0 Å². The molecule has 0 N–H and O–H groups in total. The third-order valence-corrected chi connectivity index (χ3v) is 2.87. The van der Waals surface area contributed by atoms with Gasteiger partial charge >= 0.3 is 5.63 Å². The summed E-state index contributed by atoms with van der Waals surface area (Å²) in [5.74, 6) is 1.60. The number of ether oxygens (including phenoxy) is 2. The van der Waals surface area contributed by atoms with Gasteiger partial charge in [-0.2, -0.15) is 0 Å². The fourth-order valence-electron chi connectivity index (χ4n) is 1.89. The summed E-state index contributed by atoms with van der Waals surface area (Å²) in [7, 11) is 3.10. The first-order chi connectivity index (χ1) is 8.69. The minimum atomic E-state index is -0.405. The Morgan fingerprint density at radius 3 is 2.61 bits per heavy atom. The van der Waals surface area contributed by atoms with Crippen LogP contribution in [0.2, 0.25) is 0 Å². The third kappa shape index (κ3) is 2.29. The molecule has 0 atom stereocenters. The van der Waals surface area contributed by atoms with Gasteiger partial charge in [0.2, 0.25) is 0 Å². The van der Waals surface area contributed by atoms with E-state index in [0.717, 1.165) is 10.9 Å². The van der Waals surface area contributed by atoms with Crippen LogP contribution in [0.5, 0.6) is 11.5 Å². The quantitative estimate of drug-likeness (QED) is 0.632. The number of alkyl halides is 1. The average molecular weight is 269 g/mol. The standard InChI is InChI=1S/C13H13ClO4/c1-16-9-6-10(17-2)13-8(3-4-14)5-12(15)18-11(13)7-9/h5-7H,3-4H2,1-2H3. The summed E-state index contributed by atoms with van der Waals surface area (Å²) in [6, 6.07) is 4.86. The van der Waals surface area contributed by atoms with Gasteiger partial charge in [-0.15, -0.1) is 11.6 Å². The predicted octanol–water partition coefficient (Wildman–Crippen LogP) is 2.59. The highest BCUT2D eigenvalue weighted by Crippen LogP contribution is 2.33. The van der Waals surface area contributed by atoms with Crippen LogP contribution in [0.3, 0.4) is 0 Å². The molecule has 2 rings (SSSR count). The van der Waals surface area contributed by atoms with E-state index in [1.165, 1.54) is 6.07 Å². The molecule has 0 aliphatic heterocycles. The molecule has 4 nitrogen and oxygen atoms in total. The van der Waals surface area contributed by atoms with Crippen molar-refractivity contribution in [3.05, 3.63) is 34.2 Å². The molecule has 0 saturated heterocycles. The Bertz CT molecular complexity index is 618. The molecule has 0 fully saturated rings. The summed E-state index contributed by atoms with van der Waals surface area (Å²) in [5.41, 5.74) is 0.854. The zero-order valence-electron chi connectivity index (χ0n) is 10.2. The Labute approximate surface area is 109 Å². The Hall–Kier alpha value is -1.68. The maximum absolute atomic E-state index is 11.5. The zero-order chi connectivity index (χ0) is 13.1. The summed E-state index contributed by atoms with van der Waals surface area (Å²) in [4.78, 5) is 11.5. The van der Waals surface area contributed by atoms with Gasteiger partial charge in [0, 0.05) is 24.1 Å². The first kappa shape index (κ1) is 12.8. The van der Waals surface area contributed by atoms with Gasteiger partial charge in [0.15, 0.2) is 0 Å². The van der Waals surface area contributed by atoms with E-state index in [4.69, 9.17) is 25.5 Å². The number of hydrogen-bond acceptors (Lipinski definition) is 4. The topological polar surface area (TPSA) is 48.7 Å². The molecule has 0 saturated carbocycles. The van der Waals surface area contributed by atoms with Crippen LogP contribution in [0.4, 0.5) is 0 Å². The van der Waals surface area contributed by atoms with Gasteiger partial charge in [0.25, 0.3) is 0 Å². The van der Waals surface area contributed by atoms with Gasteiger partial charge in [0.05, 0.1) is 19.6 Å². The van der Waals surface area contributed by atoms with Crippen LogP contribution >= 0.6 is 11.6 Å². The lowest BCUT2D eigenvalue weighted by atomic mass is 10.1. The van der Waals surface area contributed by atoms with E-state index >= 15 is 0 Å². The second-order valence-electron chi connectivity index (χ2n) is 3.73. The second kappa shape index (κ2) is 5.31. The van der Waals surface area contributed by atoms with Crippen molar-refractivity contribution in [1.82, 2.24) is 0 Å². The van der Waals surface area contributed by atoms with E-state index < -0.39 is 5.63 Å². The van der Waals surface area contributed by atoms with E-state index in [2.05, 4.69) is 0 Å². The van der Waals surface area contributed by atoms with Crippen LogP contribution < -0.4 is 15.1 Å². The van der Waals surface area contributed by atoms with Crippen molar-refractivity contribution in [2.24, 2.45) is 0 Å². The molecule has 2 aromatic rings. The SMILES string of the molecule is COc1cc(OC)c2c(CCCl)cc(=O)oc2c1. The van der Waals surface area contributed by atoms with Crippen LogP contribution in [0.25, 0.3) is 11.0 Å². The molecular formula is C13H13ClO4. The fourth-order valence-corrected chi connectivity index (χ4v) is 2.10. The number of benzene rings is 1. The molecule has 0 amide bonds. The lowest BCUT2D eigenvalue weighted by molar-refractivity contribution is 0.395. The zero-order valence-corrected chi connectivity index (χ0v) is 10.9. The molecule has 1 aromatic carbocycles. The molecule has 96 valence electrons. The lowest BCUT2D eigenvalue weighted by Crippen LogP contribution is -2.03. The Balaban J connectivity index is 2.80. The monoisotopic (exact) mass is 268 g/mol. The summed E-state index contributed by atoms with van der Waals surface area (Å²) in [6.45, 7) is 0. The Kier molecular flexibility index (Phi) is 3.77. The largest absolute Gasteiger partial charge is 0.496 e. The number of methoxy groups -OCH3 is 2. The van der Waals surface area contributed by atoms with E-state index in [1.54, 1.807) is 26.4 Å². The highest BCUT2D eigenvalue weighted by atomic mass is 35.5. The van der Waals surface area contributed by atoms with Crippen molar-refractivity contribution in [2.45, 2.75) is 6.42 Å². The van der Waals surface area contributed by atoms with Gasteiger partial charge in [0.1, 0.15) is 17.1 Å². The maximum atomic E-state index is 11.5. The van der Waals surface area contributed by atoms with Crippen molar-refractivity contribution in [3.8, 4) is 11.5 Å². The molecule has 0 aliphatic carbocycles. The second-order valence-corrected chi connectivity index (χ2v) is 4.11. The molecule has 0 radical (unpaired) electrons. The van der Waals surface area contributed by atoms with Gasteiger partial charge in [-0.05, 0) is 12.0 Å². The highest BCUT2D eigenvalue weighted by molar-refractivity contribution is 6.18. The number of halogens is 1. The van der Waals surface area contributed by atoms with Crippen molar-refractivity contribution in [2.75, 3.05) is 20.1 Å². The highest BCUT2D eigenvalue weighted by Gasteiger charge is 2.12. The molecule has 0 unspecified atom stereocenters. The van der Waals surface area contributed by atoms with Crippen molar-refractivity contribution < 1.29 is 13.9 Å². The van der Waals surface area contributed by atoms with Crippen LogP contribution in [-0.4, -0.2) is 20.1 Å². The molecule has 0 bridgehead atoms. The molecule has 0 spiro atoms. The Morgan fingerprint density at radius 1 is 1.22 bits per heavy atom. The first-order valence-corrected chi connectivity index (χ1v) is 5.97. The minimum Gasteiger partial charge on any atom is -0.496 e. The van der Waals surface area contributed by atoms with E-state index in [1.807, 2.05) is 0 Å². The maximum Gasteiger partial charge on any atom is 0.336 e. The summed E-state index contributed by atoms with van der Waals surface area (Å²) in [5, 5.41) is 0.763. The number of fused-ring (bicyclic) bond motifs is 1. The van der Waals surface area contributed by atoms with Crippen LogP contribution in [0, 0.1) is 0 Å². The molecule has 1 aromatic heterocycles. The number of rotatable bonds is 4. The normalized spacial score (nSPS) is 10.6. The van der Waals surface area contributed by atoms with Gasteiger partial charge < -0.3 is 13.9 Å². The summed E-state index contributed by atoms with van der Waals surface area (Å²) < 4.78 is 15.6. The van der Waals surface area contributed by atoms with Crippen molar-refractivity contribution in [3.63, 3.8) is 0 Å². The molecule has 1 heterocycles. The van der Waals surface area contributed by atoms with Gasteiger partial charge in [-0.1, -0.05) is 0 Å². The fraction of sp³-hybridized carbons (Fsp3) is 0.308. The predicted molar refractivity (Wildman–Crippen MR) is 70.0 cm³/mol. The van der Waals surface area contributed by atoms with E-state index in [9.17, 15) is 4.79 Å². The van der Waals surface area contributed by atoms with Crippen LogP contribution in [0.15, 0.2) is 27.4 Å². The van der Waals surface area contributed by atoms with Crippen LogP contribution in [0.1, 0.15) is 5.56 Å². The lowest BCUT2D eigenvalue weighted by Gasteiger charge is -2.10. The van der Waals surface area contributed by atoms with E-state index in [0.29, 0.717) is 29.4 Å². The summed E-state index contributed by atoms with van der Waals surface area (Å²) in [6.07, 6.45) is 0.576. The summed E-state index contributed by atoms with van der Waals surface area (Å²) >= 11 is 5.74. The first-order valence-electron chi connectivity index (χ1n) is 5.44.